The molecule has 4 rings (SSSR count). The SMILES string of the molecule is O=C1CCCN1CCNc1nc2nccc(/C(CNc3ccc(F)c(Cl)c3)=N/O)c2[nH]1. The molecule has 0 saturated carbocycles. The minimum Gasteiger partial charge on any atom is -0.411 e. The van der Waals surface area contributed by atoms with Gasteiger partial charge in [0, 0.05) is 43.5 Å². The van der Waals surface area contributed by atoms with Crippen molar-refractivity contribution in [3.63, 3.8) is 0 Å². The number of nitrogens with zero attached hydrogens (tertiary/aromatic N) is 4. The highest BCUT2D eigenvalue weighted by molar-refractivity contribution is 6.31. The zero-order valence-electron chi connectivity index (χ0n) is 16.5. The summed E-state index contributed by atoms with van der Waals surface area (Å²) in [4.78, 5) is 25.3. The summed E-state index contributed by atoms with van der Waals surface area (Å²) in [6.07, 6.45) is 3.09. The van der Waals surface area contributed by atoms with Gasteiger partial charge in [0.15, 0.2) is 5.65 Å². The number of amides is 1. The van der Waals surface area contributed by atoms with Gasteiger partial charge in [0.05, 0.1) is 17.1 Å². The number of benzene rings is 1. The molecule has 31 heavy (non-hydrogen) atoms. The van der Waals surface area contributed by atoms with E-state index in [0.717, 1.165) is 13.0 Å². The number of nitrogens with one attached hydrogen (secondary N) is 3. The number of halogens is 2. The first-order chi connectivity index (χ1) is 15.0. The predicted molar refractivity (Wildman–Crippen MR) is 116 cm³/mol. The first kappa shape index (κ1) is 20.9. The summed E-state index contributed by atoms with van der Waals surface area (Å²) >= 11 is 5.81. The molecule has 4 N–H and O–H groups in total. The third kappa shape index (κ3) is 4.69. The number of carbonyl (C=O) groups is 1. The van der Waals surface area contributed by atoms with Crippen LogP contribution >= 0.6 is 11.6 Å². The third-order valence-electron chi connectivity index (χ3n) is 5.05. The Hall–Kier alpha value is -3.40. The summed E-state index contributed by atoms with van der Waals surface area (Å²) in [5.74, 6) is 0.178. The Labute approximate surface area is 182 Å². The molecule has 0 spiro atoms. The maximum absolute atomic E-state index is 13.3. The summed E-state index contributed by atoms with van der Waals surface area (Å²) in [5.41, 5.74) is 2.60. The quantitative estimate of drug-likeness (QED) is 0.240. The fourth-order valence-corrected chi connectivity index (χ4v) is 3.64. The highest BCUT2D eigenvalue weighted by Gasteiger charge is 2.19. The van der Waals surface area contributed by atoms with Gasteiger partial charge in [-0.05, 0) is 30.7 Å². The Morgan fingerprint density at radius 3 is 2.97 bits per heavy atom. The van der Waals surface area contributed by atoms with Crippen molar-refractivity contribution < 1.29 is 14.4 Å². The number of aromatic amines is 1. The molecule has 0 aliphatic carbocycles. The van der Waals surface area contributed by atoms with Gasteiger partial charge in [-0.25, -0.2) is 9.37 Å². The number of hydrogen-bond donors (Lipinski definition) is 4. The number of rotatable bonds is 8. The average Bonchev–Trinajstić information content (AvgIpc) is 3.37. The number of pyridine rings is 1. The molecule has 3 heterocycles. The van der Waals surface area contributed by atoms with Crippen LogP contribution in [0.3, 0.4) is 0 Å². The topological polar surface area (TPSA) is 119 Å². The maximum atomic E-state index is 13.3. The van der Waals surface area contributed by atoms with E-state index < -0.39 is 5.82 Å². The number of imidazole rings is 1. The van der Waals surface area contributed by atoms with Crippen molar-refractivity contribution in [2.45, 2.75) is 12.8 Å². The molecule has 1 aliphatic heterocycles. The fourth-order valence-electron chi connectivity index (χ4n) is 3.46. The number of aromatic nitrogens is 3. The summed E-state index contributed by atoms with van der Waals surface area (Å²) in [5, 5.41) is 19.2. The van der Waals surface area contributed by atoms with Gasteiger partial charge in [0.1, 0.15) is 11.5 Å². The van der Waals surface area contributed by atoms with E-state index in [1.165, 1.54) is 12.1 Å². The monoisotopic (exact) mass is 445 g/mol. The van der Waals surface area contributed by atoms with Gasteiger partial charge >= 0.3 is 0 Å². The summed E-state index contributed by atoms with van der Waals surface area (Å²) in [7, 11) is 0. The largest absolute Gasteiger partial charge is 0.411 e. The van der Waals surface area contributed by atoms with Crippen molar-refractivity contribution in [3.8, 4) is 0 Å². The van der Waals surface area contributed by atoms with Crippen molar-refractivity contribution >= 4 is 46.0 Å². The molecule has 0 unspecified atom stereocenters. The molecular weight excluding hydrogens is 425 g/mol. The lowest BCUT2D eigenvalue weighted by molar-refractivity contribution is -0.127. The van der Waals surface area contributed by atoms with Crippen molar-refractivity contribution in [3.05, 3.63) is 46.9 Å². The first-order valence-corrected chi connectivity index (χ1v) is 10.2. The van der Waals surface area contributed by atoms with E-state index in [4.69, 9.17) is 11.6 Å². The van der Waals surface area contributed by atoms with Crippen molar-refractivity contribution in [2.75, 3.05) is 36.8 Å². The standard InChI is InChI=1S/C20H21ClFN7O2/c21-14-10-12(3-4-15(14)22)25-11-16(28-31)13-5-6-23-19-18(13)26-20(27-19)24-7-9-29-8-1-2-17(29)30/h3-6,10,25,31H,1-2,7-9,11H2,(H2,23,24,26,27)/b28-16+. The second-order valence-corrected chi connectivity index (χ2v) is 7.49. The van der Waals surface area contributed by atoms with E-state index >= 15 is 0 Å². The van der Waals surface area contributed by atoms with Crippen LogP contribution in [-0.4, -0.2) is 62.9 Å². The van der Waals surface area contributed by atoms with E-state index in [1.807, 2.05) is 4.90 Å². The van der Waals surface area contributed by atoms with Gasteiger partial charge in [-0.15, -0.1) is 0 Å². The van der Waals surface area contributed by atoms with Crippen LogP contribution in [0.15, 0.2) is 35.6 Å². The summed E-state index contributed by atoms with van der Waals surface area (Å²) in [6.45, 7) is 2.10. The van der Waals surface area contributed by atoms with Gasteiger partial charge in [0.2, 0.25) is 11.9 Å². The zero-order valence-corrected chi connectivity index (χ0v) is 17.3. The number of oxime groups is 1. The second-order valence-electron chi connectivity index (χ2n) is 7.08. The highest BCUT2D eigenvalue weighted by atomic mass is 35.5. The van der Waals surface area contributed by atoms with E-state index in [0.29, 0.717) is 53.6 Å². The van der Waals surface area contributed by atoms with Gasteiger partial charge in [0.25, 0.3) is 0 Å². The number of hydrogen-bond acceptors (Lipinski definition) is 7. The van der Waals surface area contributed by atoms with Crippen molar-refractivity contribution in [1.82, 2.24) is 19.9 Å². The van der Waals surface area contributed by atoms with Gasteiger partial charge in [-0.1, -0.05) is 16.8 Å². The molecule has 9 nitrogen and oxygen atoms in total. The normalized spacial score (nSPS) is 14.5. The number of fused-ring (bicyclic) bond motifs is 1. The second kappa shape index (κ2) is 9.17. The van der Waals surface area contributed by atoms with Crippen LogP contribution in [0, 0.1) is 5.82 Å². The molecule has 1 amide bonds. The lowest BCUT2D eigenvalue weighted by Crippen LogP contribution is -2.30. The van der Waals surface area contributed by atoms with Gasteiger partial charge < -0.3 is 25.7 Å². The van der Waals surface area contributed by atoms with Crippen LogP contribution in [0.2, 0.25) is 5.02 Å². The molecule has 0 bridgehead atoms. The smallest absolute Gasteiger partial charge is 0.222 e. The highest BCUT2D eigenvalue weighted by Crippen LogP contribution is 2.21. The molecule has 11 heteroatoms. The Kier molecular flexibility index (Phi) is 6.17. The molecule has 3 aromatic rings. The molecule has 2 aromatic heterocycles. The Balaban J connectivity index is 1.45. The minimum atomic E-state index is -0.509. The van der Waals surface area contributed by atoms with E-state index in [-0.39, 0.29) is 17.5 Å². The number of likely N-dealkylation sites (tertiary alicyclic amines) is 1. The van der Waals surface area contributed by atoms with Gasteiger partial charge in [-0.3, -0.25) is 4.79 Å². The van der Waals surface area contributed by atoms with Crippen molar-refractivity contribution in [1.29, 1.82) is 0 Å². The minimum absolute atomic E-state index is 0.00120. The molecule has 0 radical (unpaired) electrons. The molecule has 162 valence electrons. The fraction of sp³-hybridized carbons (Fsp3) is 0.300. The van der Waals surface area contributed by atoms with E-state index in [1.54, 1.807) is 18.3 Å². The third-order valence-corrected chi connectivity index (χ3v) is 5.34. The molecule has 1 fully saturated rings. The Morgan fingerprint density at radius 1 is 1.35 bits per heavy atom. The van der Waals surface area contributed by atoms with Crippen LogP contribution in [0.4, 0.5) is 16.0 Å². The average molecular weight is 446 g/mol. The summed E-state index contributed by atoms with van der Waals surface area (Å²) in [6, 6.07) is 5.97. The number of H-pyrrole nitrogens is 1. The van der Waals surface area contributed by atoms with Crippen molar-refractivity contribution in [2.24, 2.45) is 5.16 Å². The van der Waals surface area contributed by atoms with E-state index in [2.05, 4.69) is 30.7 Å². The van der Waals surface area contributed by atoms with E-state index in [9.17, 15) is 14.4 Å². The zero-order chi connectivity index (χ0) is 21.8. The van der Waals surface area contributed by atoms with Crippen LogP contribution in [-0.2, 0) is 4.79 Å². The van der Waals surface area contributed by atoms with Crippen LogP contribution < -0.4 is 10.6 Å². The predicted octanol–water partition coefficient (Wildman–Crippen LogP) is 3.08. The molecule has 1 aliphatic rings. The Morgan fingerprint density at radius 2 is 2.23 bits per heavy atom. The number of anilines is 2. The molecule has 1 aromatic carbocycles. The Bertz CT molecular complexity index is 1130. The summed E-state index contributed by atoms with van der Waals surface area (Å²) < 4.78 is 13.3. The first-order valence-electron chi connectivity index (χ1n) is 9.82. The number of carbonyl (C=O) groups excluding carboxylic acids is 1. The lowest BCUT2D eigenvalue weighted by atomic mass is 10.1. The van der Waals surface area contributed by atoms with Crippen LogP contribution in [0.1, 0.15) is 18.4 Å². The van der Waals surface area contributed by atoms with Gasteiger partial charge in [-0.2, -0.15) is 4.98 Å². The van der Waals surface area contributed by atoms with Crippen LogP contribution in [0.5, 0.6) is 0 Å². The molecule has 1 saturated heterocycles. The molecule has 0 atom stereocenters. The van der Waals surface area contributed by atoms with Crippen LogP contribution in [0.25, 0.3) is 11.2 Å². The molecular formula is C20H21ClFN7O2. The maximum Gasteiger partial charge on any atom is 0.222 e. The lowest BCUT2D eigenvalue weighted by Gasteiger charge is -2.15.